The van der Waals surface area contributed by atoms with Gasteiger partial charge in [0.05, 0.1) is 5.01 Å². The monoisotopic (exact) mass is 283 g/mol. The third kappa shape index (κ3) is 4.26. The third-order valence-corrected chi connectivity index (χ3v) is 5.16. The van der Waals surface area contributed by atoms with Gasteiger partial charge in [0, 0.05) is 29.1 Å². The van der Waals surface area contributed by atoms with Gasteiger partial charge in [0.1, 0.15) is 0 Å². The third-order valence-electron chi connectivity index (χ3n) is 4.17. The first-order valence-electron chi connectivity index (χ1n) is 7.25. The van der Waals surface area contributed by atoms with Crippen molar-refractivity contribution >= 4 is 11.3 Å². The van der Waals surface area contributed by atoms with Crippen LogP contribution in [0.4, 0.5) is 0 Å². The number of rotatable bonds is 8. The van der Waals surface area contributed by atoms with Crippen LogP contribution in [-0.2, 0) is 6.42 Å². The highest BCUT2D eigenvalue weighted by Gasteiger charge is 2.34. The predicted octanol–water partition coefficient (Wildman–Crippen LogP) is 3.09. The van der Waals surface area contributed by atoms with Crippen LogP contribution >= 0.6 is 11.3 Å². The number of nitrogens with one attached hydrogen (secondary N) is 1. The minimum Gasteiger partial charge on any atom is -0.312 e. The Kier molecular flexibility index (Phi) is 6.43. The number of hydrogen-bond acceptors (Lipinski definition) is 4. The summed E-state index contributed by atoms with van der Waals surface area (Å²) in [4.78, 5) is 6.97. The lowest BCUT2D eigenvalue weighted by molar-refractivity contribution is 0.112. The molecule has 0 aliphatic rings. The van der Waals surface area contributed by atoms with E-state index in [1.807, 2.05) is 0 Å². The SMILES string of the molecule is CCCNC(Cc1nc(C)cs1)C(C)(CC)N(C)C. The molecule has 19 heavy (non-hydrogen) atoms. The van der Waals surface area contributed by atoms with Crippen molar-refractivity contribution in [3.05, 3.63) is 16.1 Å². The van der Waals surface area contributed by atoms with Crippen molar-refractivity contribution < 1.29 is 0 Å². The Morgan fingerprint density at radius 1 is 1.42 bits per heavy atom. The molecule has 0 amide bonds. The molecule has 0 aliphatic heterocycles. The number of likely N-dealkylation sites (N-methyl/N-ethyl adjacent to an activating group) is 1. The molecule has 3 nitrogen and oxygen atoms in total. The van der Waals surface area contributed by atoms with Crippen molar-refractivity contribution in [3.63, 3.8) is 0 Å². The Morgan fingerprint density at radius 2 is 2.11 bits per heavy atom. The maximum atomic E-state index is 4.63. The lowest BCUT2D eigenvalue weighted by Crippen LogP contribution is -2.57. The van der Waals surface area contributed by atoms with Crippen LogP contribution in [0, 0.1) is 6.92 Å². The second kappa shape index (κ2) is 7.36. The standard InChI is InChI=1S/C15H29N3S/c1-7-9-16-13(15(4,8-2)18(5)6)10-14-17-12(3)11-19-14/h11,13,16H,7-10H2,1-6H3. The van der Waals surface area contributed by atoms with Gasteiger partial charge < -0.3 is 10.2 Å². The molecule has 1 aromatic rings. The van der Waals surface area contributed by atoms with E-state index in [0.717, 1.165) is 25.1 Å². The zero-order valence-corrected chi connectivity index (χ0v) is 14.1. The number of aromatic nitrogens is 1. The summed E-state index contributed by atoms with van der Waals surface area (Å²) in [5.74, 6) is 0. The summed E-state index contributed by atoms with van der Waals surface area (Å²) in [7, 11) is 4.36. The molecule has 2 atom stereocenters. The molecule has 0 radical (unpaired) electrons. The Labute approximate surface area is 122 Å². The first-order valence-corrected chi connectivity index (χ1v) is 8.13. The lowest BCUT2D eigenvalue weighted by atomic mass is 9.86. The van der Waals surface area contributed by atoms with Gasteiger partial charge in [0.25, 0.3) is 0 Å². The molecule has 2 unspecified atom stereocenters. The van der Waals surface area contributed by atoms with E-state index < -0.39 is 0 Å². The molecule has 1 rings (SSSR count). The topological polar surface area (TPSA) is 28.2 Å². The van der Waals surface area contributed by atoms with E-state index in [9.17, 15) is 0 Å². The summed E-state index contributed by atoms with van der Waals surface area (Å²) in [6.45, 7) is 9.98. The summed E-state index contributed by atoms with van der Waals surface area (Å²) in [6.07, 6.45) is 3.31. The highest BCUT2D eigenvalue weighted by molar-refractivity contribution is 7.09. The molecule has 0 spiro atoms. The fraction of sp³-hybridized carbons (Fsp3) is 0.800. The van der Waals surface area contributed by atoms with Crippen molar-refractivity contribution in [2.75, 3.05) is 20.6 Å². The fourth-order valence-electron chi connectivity index (χ4n) is 2.38. The van der Waals surface area contributed by atoms with Crippen LogP contribution in [0.1, 0.15) is 44.3 Å². The summed E-state index contributed by atoms with van der Waals surface area (Å²) in [5, 5.41) is 7.11. The molecular weight excluding hydrogens is 254 g/mol. The van der Waals surface area contributed by atoms with Crippen LogP contribution in [0.5, 0.6) is 0 Å². The molecule has 0 fully saturated rings. The summed E-state index contributed by atoms with van der Waals surface area (Å²) < 4.78 is 0. The van der Waals surface area contributed by atoms with Gasteiger partial charge >= 0.3 is 0 Å². The Hall–Kier alpha value is -0.450. The number of hydrogen-bond donors (Lipinski definition) is 1. The van der Waals surface area contributed by atoms with Gasteiger partial charge in [-0.25, -0.2) is 4.98 Å². The van der Waals surface area contributed by atoms with Crippen molar-refractivity contribution in [1.82, 2.24) is 15.2 Å². The molecule has 1 N–H and O–H groups in total. The number of nitrogens with zero attached hydrogens (tertiary/aromatic N) is 2. The van der Waals surface area contributed by atoms with Crippen molar-refractivity contribution in [3.8, 4) is 0 Å². The van der Waals surface area contributed by atoms with Gasteiger partial charge in [-0.2, -0.15) is 0 Å². The van der Waals surface area contributed by atoms with Gasteiger partial charge in [0.15, 0.2) is 0 Å². The van der Waals surface area contributed by atoms with E-state index >= 15 is 0 Å². The van der Waals surface area contributed by atoms with E-state index in [0.29, 0.717) is 6.04 Å². The highest BCUT2D eigenvalue weighted by atomic mass is 32.1. The van der Waals surface area contributed by atoms with E-state index in [-0.39, 0.29) is 5.54 Å². The lowest BCUT2D eigenvalue weighted by Gasteiger charge is -2.43. The van der Waals surface area contributed by atoms with Crippen molar-refractivity contribution in [1.29, 1.82) is 0 Å². The van der Waals surface area contributed by atoms with Crippen LogP contribution in [0.3, 0.4) is 0 Å². The minimum atomic E-state index is 0.161. The van der Waals surface area contributed by atoms with Crippen LogP contribution in [0.15, 0.2) is 5.38 Å². The largest absolute Gasteiger partial charge is 0.312 e. The van der Waals surface area contributed by atoms with Crippen LogP contribution in [-0.4, -0.2) is 42.1 Å². The van der Waals surface area contributed by atoms with Crippen LogP contribution < -0.4 is 5.32 Å². The zero-order chi connectivity index (χ0) is 14.5. The maximum absolute atomic E-state index is 4.63. The molecule has 0 bridgehead atoms. The molecule has 0 aliphatic carbocycles. The summed E-state index contributed by atoms with van der Waals surface area (Å²) in [6, 6.07) is 0.443. The van der Waals surface area contributed by atoms with Crippen LogP contribution in [0.25, 0.3) is 0 Å². The minimum absolute atomic E-state index is 0.161. The average Bonchev–Trinajstić information content (AvgIpc) is 2.78. The van der Waals surface area contributed by atoms with Gasteiger partial charge in [-0.1, -0.05) is 13.8 Å². The van der Waals surface area contributed by atoms with Gasteiger partial charge in [-0.15, -0.1) is 11.3 Å². The predicted molar refractivity (Wildman–Crippen MR) is 85.0 cm³/mol. The smallest absolute Gasteiger partial charge is 0.0944 e. The van der Waals surface area contributed by atoms with Crippen molar-refractivity contribution in [2.24, 2.45) is 0 Å². The summed E-state index contributed by atoms with van der Waals surface area (Å²) >= 11 is 1.78. The Morgan fingerprint density at radius 3 is 2.53 bits per heavy atom. The second-order valence-electron chi connectivity index (χ2n) is 5.70. The maximum Gasteiger partial charge on any atom is 0.0944 e. The molecule has 1 aromatic heterocycles. The van der Waals surface area contributed by atoms with E-state index in [1.165, 1.54) is 11.4 Å². The van der Waals surface area contributed by atoms with Crippen molar-refractivity contribution in [2.45, 2.75) is 58.5 Å². The van der Waals surface area contributed by atoms with Crippen LogP contribution in [0.2, 0.25) is 0 Å². The number of aryl methyl sites for hydroxylation is 1. The normalized spacial score (nSPS) is 16.6. The molecule has 0 saturated carbocycles. The molecule has 4 heteroatoms. The summed E-state index contributed by atoms with van der Waals surface area (Å²) in [5.41, 5.74) is 1.30. The quantitative estimate of drug-likeness (QED) is 0.794. The van der Waals surface area contributed by atoms with Gasteiger partial charge in [-0.05, 0) is 47.3 Å². The van der Waals surface area contributed by atoms with Gasteiger partial charge in [-0.3, -0.25) is 0 Å². The highest BCUT2D eigenvalue weighted by Crippen LogP contribution is 2.25. The molecule has 0 saturated heterocycles. The van der Waals surface area contributed by atoms with Gasteiger partial charge in [0.2, 0.25) is 0 Å². The van der Waals surface area contributed by atoms with E-state index in [4.69, 9.17) is 0 Å². The fourth-order valence-corrected chi connectivity index (χ4v) is 3.19. The average molecular weight is 283 g/mol. The first-order chi connectivity index (χ1) is 8.93. The molecular formula is C15H29N3S. The zero-order valence-electron chi connectivity index (χ0n) is 13.3. The molecule has 0 aromatic carbocycles. The Balaban J connectivity index is 2.86. The van der Waals surface area contributed by atoms with E-state index in [1.54, 1.807) is 11.3 Å². The first kappa shape index (κ1) is 16.6. The second-order valence-corrected chi connectivity index (χ2v) is 6.64. The number of thiazole rings is 1. The van der Waals surface area contributed by atoms with E-state index in [2.05, 4.69) is 62.4 Å². The Bertz CT molecular complexity index is 375. The molecule has 110 valence electrons. The molecule has 1 heterocycles.